The molecule has 0 heterocycles. The van der Waals surface area contributed by atoms with Gasteiger partial charge in [-0.05, 0) is 25.0 Å². The van der Waals surface area contributed by atoms with E-state index >= 15 is 0 Å². The average Bonchev–Trinajstić information content (AvgIpc) is 2.63. The predicted molar refractivity (Wildman–Crippen MR) is 91.5 cm³/mol. The molecular weight excluding hydrogens is 286 g/mol. The zero-order valence-electron chi connectivity index (χ0n) is 13.1. The Morgan fingerprint density at radius 3 is 2.22 bits per heavy atom. The molecule has 0 unspecified atom stereocenters. The minimum Gasteiger partial charge on any atom is -0.325 e. The van der Waals surface area contributed by atoms with Gasteiger partial charge in [0.1, 0.15) is 0 Å². The highest BCUT2D eigenvalue weighted by atomic mass is 16.2. The Labute approximate surface area is 136 Å². The number of carbonyl (C=O) groups excluding carboxylic acids is 2. The number of benzene rings is 2. The van der Waals surface area contributed by atoms with Crippen molar-refractivity contribution in [3.63, 3.8) is 0 Å². The van der Waals surface area contributed by atoms with E-state index in [0.717, 1.165) is 25.7 Å². The zero-order chi connectivity index (χ0) is 16.1. The monoisotopic (exact) mass is 307 g/mol. The Hall–Kier alpha value is -2.42. The van der Waals surface area contributed by atoms with Crippen molar-refractivity contribution < 1.29 is 9.59 Å². The number of hydrogen-bond acceptors (Lipinski definition) is 2. The van der Waals surface area contributed by atoms with Crippen molar-refractivity contribution in [1.29, 1.82) is 0 Å². The van der Waals surface area contributed by atoms with Gasteiger partial charge >= 0.3 is 0 Å². The van der Waals surface area contributed by atoms with Crippen LogP contribution >= 0.6 is 0 Å². The third kappa shape index (κ3) is 3.67. The molecule has 0 atom stereocenters. The summed E-state index contributed by atoms with van der Waals surface area (Å²) in [5, 5.41) is 2.97. The van der Waals surface area contributed by atoms with Gasteiger partial charge < -0.3 is 5.32 Å². The van der Waals surface area contributed by atoms with Crippen molar-refractivity contribution in [2.45, 2.75) is 32.1 Å². The van der Waals surface area contributed by atoms with Crippen molar-refractivity contribution in [2.24, 2.45) is 5.92 Å². The molecule has 1 amide bonds. The Balaban J connectivity index is 1.80. The molecule has 2 aromatic rings. The molecule has 0 aliphatic heterocycles. The summed E-state index contributed by atoms with van der Waals surface area (Å²) in [5.74, 6) is 0.0480. The fraction of sp³-hybridized carbons (Fsp3) is 0.300. The lowest BCUT2D eigenvalue weighted by atomic mass is 9.88. The van der Waals surface area contributed by atoms with Crippen LogP contribution in [-0.2, 0) is 4.79 Å². The lowest BCUT2D eigenvalue weighted by Gasteiger charge is -2.21. The van der Waals surface area contributed by atoms with Crippen LogP contribution in [0.3, 0.4) is 0 Å². The highest BCUT2D eigenvalue weighted by Crippen LogP contribution is 2.26. The number of rotatable bonds is 4. The van der Waals surface area contributed by atoms with Crippen molar-refractivity contribution >= 4 is 17.4 Å². The van der Waals surface area contributed by atoms with Crippen molar-refractivity contribution in [3.05, 3.63) is 65.7 Å². The number of para-hydroxylation sites is 1. The van der Waals surface area contributed by atoms with Gasteiger partial charge in [0.15, 0.2) is 5.78 Å². The van der Waals surface area contributed by atoms with Crippen molar-refractivity contribution in [3.8, 4) is 0 Å². The lowest BCUT2D eigenvalue weighted by Crippen LogP contribution is -2.25. The summed E-state index contributed by atoms with van der Waals surface area (Å²) in [6.45, 7) is 0. The maximum atomic E-state index is 12.7. The van der Waals surface area contributed by atoms with Gasteiger partial charge in [-0.25, -0.2) is 0 Å². The molecule has 1 fully saturated rings. The third-order valence-electron chi connectivity index (χ3n) is 4.44. The molecule has 1 N–H and O–H groups in total. The minimum absolute atomic E-state index is 0.0398. The molecular formula is C20H21NO2. The minimum atomic E-state index is -0.0647. The second-order valence-electron chi connectivity index (χ2n) is 6.06. The molecule has 0 spiro atoms. The summed E-state index contributed by atoms with van der Waals surface area (Å²) in [4.78, 5) is 25.1. The number of carbonyl (C=O) groups is 2. The average molecular weight is 307 g/mol. The van der Waals surface area contributed by atoms with Crippen LogP contribution in [0.2, 0.25) is 0 Å². The molecule has 1 aliphatic rings. The van der Waals surface area contributed by atoms with Crippen molar-refractivity contribution in [2.75, 3.05) is 5.32 Å². The second-order valence-corrected chi connectivity index (χ2v) is 6.06. The first kappa shape index (κ1) is 15.5. The van der Waals surface area contributed by atoms with Gasteiger partial charge in [0.2, 0.25) is 5.91 Å². The first-order valence-electron chi connectivity index (χ1n) is 8.25. The summed E-state index contributed by atoms with van der Waals surface area (Å²) in [7, 11) is 0. The van der Waals surface area contributed by atoms with Crippen LogP contribution in [0, 0.1) is 5.92 Å². The highest BCUT2D eigenvalue weighted by Gasteiger charge is 2.22. The molecule has 1 aliphatic carbocycles. The van der Waals surface area contributed by atoms with E-state index in [1.54, 1.807) is 24.3 Å². The smallest absolute Gasteiger partial charge is 0.227 e. The molecule has 23 heavy (non-hydrogen) atoms. The van der Waals surface area contributed by atoms with E-state index in [9.17, 15) is 9.59 Å². The Bertz CT molecular complexity index is 688. The third-order valence-corrected chi connectivity index (χ3v) is 4.44. The van der Waals surface area contributed by atoms with Crippen LogP contribution < -0.4 is 5.32 Å². The first-order valence-corrected chi connectivity index (χ1v) is 8.25. The quantitative estimate of drug-likeness (QED) is 0.849. The summed E-state index contributed by atoms with van der Waals surface area (Å²) < 4.78 is 0. The van der Waals surface area contributed by atoms with Crippen LogP contribution in [0.25, 0.3) is 0 Å². The molecule has 1 saturated carbocycles. The van der Waals surface area contributed by atoms with E-state index in [1.165, 1.54) is 6.42 Å². The number of anilines is 1. The van der Waals surface area contributed by atoms with Crippen LogP contribution in [0.15, 0.2) is 54.6 Å². The lowest BCUT2D eigenvalue weighted by molar-refractivity contribution is -0.120. The van der Waals surface area contributed by atoms with Crippen LogP contribution in [0.1, 0.15) is 48.0 Å². The topological polar surface area (TPSA) is 46.2 Å². The maximum Gasteiger partial charge on any atom is 0.227 e. The van der Waals surface area contributed by atoms with Gasteiger partial charge in [0.25, 0.3) is 0 Å². The Morgan fingerprint density at radius 1 is 0.826 bits per heavy atom. The molecule has 0 radical (unpaired) electrons. The number of hydrogen-bond donors (Lipinski definition) is 1. The van der Waals surface area contributed by atoms with Gasteiger partial charge in [-0.1, -0.05) is 61.7 Å². The van der Waals surface area contributed by atoms with Crippen LogP contribution in [-0.4, -0.2) is 11.7 Å². The molecule has 0 saturated heterocycles. The normalized spacial score (nSPS) is 15.1. The molecule has 2 aromatic carbocycles. The molecule has 3 nitrogen and oxygen atoms in total. The highest BCUT2D eigenvalue weighted by molar-refractivity contribution is 6.13. The number of nitrogens with one attached hydrogen (secondary N) is 1. The van der Waals surface area contributed by atoms with Gasteiger partial charge in [0, 0.05) is 17.0 Å². The van der Waals surface area contributed by atoms with Gasteiger partial charge in [-0.2, -0.15) is 0 Å². The van der Waals surface area contributed by atoms with E-state index in [1.807, 2.05) is 30.3 Å². The van der Waals surface area contributed by atoms with E-state index in [2.05, 4.69) is 5.32 Å². The van der Waals surface area contributed by atoms with E-state index in [4.69, 9.17) is 0 Å². The van der Waals surface area contributed by atoms with E-state index in [0.29, 0.717) is 16.8 Å². The van der Waals surface area contributed by atoms with Crippen LogP contribution in [0.5, 0.6) is 0 Å². The Kier molecular flexibility index (Phi) is 4.86. The predicted octanol–water partition coefficient (Wildman–Crippen LogP) is 4.44. The fourth-order valence-electron chi connectivity index (χ4n) is 3.13. The summed E-state index contributed by atoms with van der Waals surface area (Å²) in [5.41, 5.74) is 1.78. The maximum absolute atomic E-state index is 12.7. The zero-order valence-corrected chi connectivity index (χ0v) is 13.1. The SMILES string of the molecule is O=C(c1ccccc1)c1ccccc1NC(=O)C1CCCCC1. The second kappa shape index (κ2) is 7.23. The summed E-state index contributed by atoms with van der Waals surface area (Å²) in [6.07, 6.45) is 5.33. The Morgan fingerprint density at radius 2 is 1.48 bits per heavy atom. The molecule has 118 valence electrons. The van der Waals surface area contributed by atoms with Crippen LogP contribution in [0.4, 0.5) is 5.69 Å². The standard InChI is InChI=1S/C20H21NO2/c22-19(15-9-3-1-4-10-15)17-13-7-8-14-18(17)21-20(23)16-11-5-2-6-12-16/h1,3-4,7-10,13-14,16H,2,5-6,11-12H2,(H,21,23). The summed E-state index contributed by atoms with van der Waals surface area (Å²) in [6, 6.07) is 16.4. The van der Waals surface area contributed by atoms with E-state index < -0.39 is 0 Å². The molecule has 0 bridgehead atoms. The molecule has 3 heteroatoms. The molecule has 0 aromatic heterocycles. The first-order chi connectivity index (χ1) is 11.3. The largest absolute Gasteiger partial charge is 0.325 e. The van der Waals surface area contributed by atoms with E-state index in [-0.39, 0.29) is 17.6 Å². The molecule has 3 rings (SSSR count). The van der Waals surface area contributed by atoms with Gasteiger partial charge in [-0.3, -0.25) is 9.59 Å². The number of ketones is 1. The fourth-order valence-corrected chi connectivity index (χ4v) is 3.13. The number of amides is 1. The van der Waals surface area contributed by atoms with Crippen molar-refractivity contribution in [1.82, 2.24) is 0 Å². The van der Waals surface area contributed by atoms with Gasteiger partial charge in [0.05, 0.1) is 5.69 Å². The van der Waals surface area contributed by atoms with Gasteiger partial charge in [-0.15, -0.1) is 0 Å². The summed E-state index contributed by atoms with van der Waals surface area (Å²) >= 11 is 0.